The van der Waals surface area contributed by atoms with Gasteiger partial charge in [0.15, 0.2) is 0 Å². The topological polar surface area (TPSA) is 114 Å². The predicted octanol–water partition coefficient (Wildman–Crippen LogP) is 4.48. The second kappa shape index (κ2) is 15.6. The summed E-state index contributed by atoms with van der Waals surface area (Å²) in [6.07, 6.45) is 0.0847. The van der Waals surface area contributed by atoms with Gasteiger partial charge < -0.3 is 25.0 Å². The van der Waals surface area contributed by atoms with Crippen molar-refractivity contribution >= 4 is 23.9 Å². The van der Waals surface area contributed by atoms with Gasteiger partial charge in [0.1, 0.15) is 17.7 Å². The Bertz CT molecular complexity index is 1110. The van der Waals surface area contributed by atoms with Gasteiger partial charge in [0.05, 0.1) is 13.0 Å². The molecule has 0 aliphatic heterocycles. The zero-order valence-electron chi connectivity index (χ0n) is 24.5. The van der Waals surface area contributed by atoms with Gasteiger partial charge in [-0.25, -0.2) is 4.79 Å². The number of amides is 3. The number of rotatable bonds is 13. The zero-order chi connectivity index (χ0) is 29.7. The largest absolute Gasteiger partial charge is 0.466 e. The Kier molecular flexibility index (Phi) is 12.6. The van der Waals surface area contributed by atoms with E-state index in [0.717, 1.165) is 11.1 Å². The highest BCUT2D eigenvalue weighted by molar-refractivity contribution is 5.92. The first-order valence-electron chi connectivity index (χ1n) is 13.8. The molecule has 2 aromatic carbocycles. The number of hydrogen-bond donors (Lipinski definition) is 2. The first-order chi connectivity index (χ1) is 18.9. The van der Waals surface area contributed by atoms with Crippen molar-refractivity contribution in [2.45, 2.75) is 78.5 Å². The molecule has 2 unspecified atom stereocenters. The average molecular weight is 554 g/mol. The molecule has 0 spiro atoms. The highest BCUT2D eigenvalue weighted by atomic mass is 16.6. The number of aryl methyl sites for hydroxylation is 1. The number of carbonyl (C=O) groups is 4. The fourth-order valence-electron chi connectivity index (χ4n) is 4.15. The van der Waals surface area contributed by atoms with Crippen LogP contribution < -0.4 is 10.6 Å². The van der Waals surface area contributed by atoms with Gasteiger partial charge in [-0.05, 0) is 52.2 Å². The van der Waals surface area contributed by atoms with Crippen LogP contribution in [0.3, 0.4) is 0 Å². The summed E-state index contributed by atoms with van der Waals surface area (Å²) in [4.78, 5) is 53.9. The Hall–Kier alpha value is -3.88. The van der Waals surface area contributed by atoms with Crippen LogP contribution in [0.15, 0.2) is 54.6 Å². The molecule has 0 heterocycles. The molecule has 2 N–H and O–H groups in total. The fourth-order valence-corrected chi connectivity index (χ4v) is 4.15. The van der Waals surface area contributed by atoms with Gasteiger partial charge in [0.2, 0.25) is 11.8 Å². The van der Waals surface area contributed by atoms with Gasteiger partial charge in [0.25, 0.3) is 0 Å². The molecular weight excluding hydrogens is 510 g/mol. The van der Waals surface area contributed by atoms with E-state index in [1.807, 2.05) is 68.4 Å². The Morgan fingerprint density at radius 2 is 1.60 bits per heavy atom. The first-order valence-corrected chi connectivity index (χ1v) is 13.8. The quantitative estimate of drug-likeness (QED) is 0.354. The molecule has 0 fully saturated rings. The van der Waals surface area contributed by atoms with E-state index in [4.69, 9.17) is 9.47 Å². The summed E-state index contributed by atoms with van der Waals surface area (Å²) in [7, 11) is 0. The van der Waals surface area contributed by atoms with Crippen molar-refractivity contribution in [3.05, 3.63) is 71.3 Å². The number of benzene rings is 2. The van der Waals surface area contributed by atoms with E-state index >= 15 is 0 Å². The van der Waals surface area contributed by atoms with Crippen LogP contribution in [0.4, 0.5) is 4.79 Å². The van der Waals surface area contributed by atoms with Crippen LogP contribution in [0.1, 0.15) is 70.2 Å². The molecular formula is C31H43N3O6. The number of nitrogens with one attached hydrogen (secondary N) is 2. The van der Waals surface area contributed by atoms with Gasteiger partial charge in [-0.2, -0.15) is 0 Å². The highest BCUT2D eigenvalue weighted by Gasteiger charge is 2.36. The van der Waals surface area contributed by atoms with E-state index in [-0.39, 0.29) is 32.5 Å². The van der Waals surface area contributed by atoms with Gasteiger partial charge in [0, 0.05) is 19.5 Å². The molecule has 2 atom stereocenters. The average Bonchev–Trinajstić information content (AvgIpc) is 2.88. The fraction of sp³-hybridized carbons (Fsp3) is 0.484. The number of hydrogen-bond acceptors (Lipinski definition) is 6. The smallest absolute Gasteiger partial charge is 0.408 e. The molecule has 0 saturated heterocycles. The monoisotopic (exact) mass is 553 g/mol. The summed E-state index contributed by atoms with van der Waals surface area (Å²) in [6, 6.07) is 14.8. The number of esters is 1. The summed E-state index contributed by atoms with van der Waals surface area (Å²) in [6.45, 7) is 11.4. The minimum Gasteiger partial charge on any atom is -0.466 e. The third-order valence-corrected chi connectivity index (χ3v) is 5.91. The molecule has 9 nitrogen and oxygen atoms in total. The minimum atomic E-state index is -0.982. The molecule has 2 rings (SSSR count). The molecule has 0 aromatic heterocycles. The molecule has 218 valence electrons. The van der Waals surface area contributed by atoms with Gasteiger partial charge in [-0.15, -0.1) is 0 Å². The summed E-state index contributed by atoms with van der Waals surface area (Å²) < 4.78 is 10.4. The Balaban J connectivity index is 2.43. The van der Waals surface area contributed by atoms with E-state index in [1.54, 1.807) is 27.7 Å². The standard InChI is InChI=1S/C31H43N3O6/c1-7-20-34(27(24-16-14-22(3)15-17-24)28(36)32-19-18-26(35)39-8-2)29(37)25(21-23-12-10-9-11-13-23)33-30(38)40-31(4,5)6/h9-17,25,27H,7-8,18-21H2,1-6H3,(H,32,36)(H,33,38). The molecule has 0 aliphatic rings. The third-order valence-electron chi connectivity index (χ3n) is 5.91. The predicted molar refractivity (Wildman–Crippen MR) is 153 cm³/mol. The first kappa shape index (κ1) is 32.3. The van der Waals surface area contributed by atoms with Crippen LogP contribution in [0.5, 0.6) is 0 Å². The SMILES string of the molecule is CCCN(C(=O)C(Cc1ccccc1)NC(=O)OC(C)(C)C)C(C(=O)NCCC(=O)OCC)c1ccc(C)cc1. The van der Waals surface area contributed by atoms with Gasteiger partial charge >= 0.3 is 12.1 Å². The van der Waals surface area contributed by atoms with Gasteiger partial charge in [-0.3, -0.25) is 14.4 Å². The molecule has 2 aromatic rings. The van der Waals surface area contributed by atoms with Crippen molar-refractivity contribution in [2.24, 2.45) is 0 Å². The van der Waals surface area contributed by atoms with Crippen molar-refractivity contribution in [3.63, 3.8) is 0 Å². The number of carbonyl (C=O) groups excluding carboxylic acids is 4. The normalized spacial score (nSPS) is 12.6. The summed E-state index contributed by atoms with van der Waals surface area (Å²) in [5.41, 5.74) is 1.72. The van der Waals surface area contributed by atoms with E-state index in [2.05, 4.69) is 10.6 Å². The maximum atomic E-state index is 14.2. The van der Waals surface area contributed by atoms with Crippen molar-refractivity contribution in [1.29, 1.82) is 0 Å². The molecule has 0 saturated carbocycles. The summed E-state index contributed by atoms with van der Waals surface area (Å²) in [5, 5.41) is 5.54. The Labute approximate surface area is 237 Å². The maximum absolute atomic E-state index is 14.2. The number of alkyl carbamates (subject to hydrolysis) is 1. The van der Waals surface area contributed by atoms with Crippen molar-refractivity contribution < 1.29 is 28.7 Å². The van der Waals surface area contributed by atoms with E-state index in [1.165, 1.54) is 4.90 Å². The second-order valence-corrected chi connectivity index (χ2v) is 10.6. The minimum absolute atomic E-state index is 0.0127. The molecule has 0 aliphatic carbocycles. The van der Waals surface area contributed by atoms with Gasteiger partial charge in [-0.1, -0.05) is 67.1 Å². The third kappa shape index (κ3) is 10.7. The lowest BCUT2D eigenvalue weighted by Crippen LogP contribution is -2.54. The summed E-state index contributed by atoms with van der Waals surface area (Å²) in [5.74, 6) is -1.26. The molecule has 9 heteroatoms. The number of nitrogens with zero attached hydrogens (tertiary/aromatic N) is 1. The van der Waals surface area contributed by atoms with E-state index in [9.17, 15) is 19.2 Å². The lowest BCUT2D eigenvalue weighted by Gasteiger charge is -2.34. The van der Waals surface area contributed by atoms with Crippen molar-refractivity contribution in [2.75, 3.05) is 19.7 Å². The molecule has 40 heavy (non-hydrogen) atoms. The zero-order valence-corrected chi connectivity index (χ0v) is 24.5. The Morgan fingerprint density at radius 1 is 0.950 bits per heavy atom. The highest BCUT2D eigenvalue weighted by Crippen LogP contribution is 2.24. The number of ether oxygens (including phenoxy) is 2. The lowest BCUT2D eigenvalue weighted by atomic mass is 9.99. The molecule has 0 radical (unpaired) electrons. The van der Waals surface area contributed by atoms with Crippen molar-refractivity contribution in [3.8, 4) is 0 Å². The van der Waals surface area contributed by atoms with Crippen LogP contribution in [0.25, 0.3) is 0 Å². The van der Waals surface area contributed by atoms with Crippen LogP contribution in [-0.4, -0.2) is 60.1 Å². The van der Waals surface area contributed by atoms with E-state index < -0.39 is 41.6 Å². The van der Waals surface area contributed by atoms with Crippen LogP contribution >= 0.6 is 0 Å². The van der Waals surface area contributed by atoms with Crippen LogP contribution in [-0.2, 0) is 30.3 Å². The van der Waals surface area contributed by atoms with Crippen LogP contribution in [0, 0.1) is 6.92 Å². The van der Waals surface area contributed by atoms with E-state index in [0.29, 0.717) is 12.0 Å². The molecule has 0 bridgehead atoms. The molecule has 3 amide bonds. The lowest BCUT2D eigenvalue weighted by molar-refractivity contribution is -0.144. The maximum Gasteiger partial charge on any atom is 0.408 e. The second-order valence-electron chi connectivity index (χ2n) is 10.6. The van der Waals surface area contributed by atoms with Crippen LogP contribution in [0.2, 0.25) is 0 Å². The summed E-state index contributed by atoms with van der Waals surface area (Å²) >= 11 is 0. The van der Waals surface area contributed by atoms with Crippen molar-refractivity contribution in [1.82, 2.24) is 15.5 Å². The Morgan fingerprint density at radius 3 is 2.17 bits per heavy atom.